The largest absolute Gasteiger partial charge is 0.391 e. The van der Waals surface area contributed by atoms with Gasteiger partial charge in [-0.1, -0.05) is 0 Å². The van der Waals surface area contributed by atoms with Crippen molar-refractivity contribution in [3.8, 4) is 0 Å². The number of piperidine rings is 1. The number of nitrogen functional groups attached to an aromatic ring is 2. The highest BCUT2D eigenvalue weighted by atomic mass is 19.4. The van der Waals surface area contributed by atoms with Crippen molar-refractivity contribution in [2.75, 3.05) is 29.1 Å². The van der Waals surface area contributed by atoms with Gasteiger partial charge in [0.25, 0.3) is 0 Å². The van der Waals surface area contributed by atoms with Crippen molar-refractivity contribution >= 4 is 17.6 Å². The molecular weight excluding hydrogens is 261 g/mol. The van der Waals surface area contributed by atoms with Gasteiger partial charge in [-0.25, -0.2) is 5.84 Å². The molecule has 6 nitrogen and oxygen atoms in total. The number of nitrogens with two attached hydrogens (primary N) is 2. The molecule has 9 heteroatoms. The van der Waals surface area contributed by atoms with E-state index in [-0.39, 0.29) is 31.9 Å². The molecule has 0 spiro atoms. The van der Waals surface area contributed by atoms with Crippen LogP contribution in [0.1, 0.15) is 12.8 Å². The molecule has 2 heterocycles. The van der Waals surface area contributed by atoms with Gasteiger partial charge in [0.1, 0.15) is 11.6 Å². The van der Waals surface area contributed by atoms with Crippen LogP contribution in [0.2, 0.25) is 0 Å². The van der Waals surface area contributed by atoms with E-state index >= 15 is 0 Å². The van der Waals surface area contributed by atoms with Crippen molar-refractivity contribution < 1.29 is 13.2 Å². The molecule has 1 aromatic rings. The van der Waals surface area contributed by atoms with Crippen molar-refractivity contribution in [2.45, 2.75) is 19.0 Å². The first-order valence-electron chi connectivity index (χ1n) is 5.83. The van der Waals surface area contributed by atoms with Gasteiger partial charge in [0.15, 0.2) is 0 Å². The Labute approximate surface area is 108 Å². The molecule has 0 bridgehead atoms. The summed E-state index contributed by atoms with van der Waals surface area (Å²) in [5.74, 6) is 4.84. The normalized spacial score (nSPS) is 17.6. The second kappa shape index (κ2) is 5.08. The molecule has 0 amide bonds. The van der Waals surface area contributed by atoms with Crippen LogP contribution < -0.4 is 21.9 Å². The Balaban J connectivity index is 2.07. The van der Waals surface area contributed by atoms with Crippen LogP contribution >= 0.6 is 0 Å². The van der Waals surface area contributed by atoms with Gasteiger partial charge < -0.3 is 16.1 Å². The zero-order valence-corrected chi connectivity index (χ0v) is 10.1. The Morgan fingerprint density at radius 1 is 1.26 bits per heavy atom. The summed E-state index contributed by atoms with van der Waals surface area (Å²) in [5.41, 5.74) is 7.86. The number of nitrogens with one attached hydrogen (secondary N) is 1. The fraction of sp³-hybridized carbons (Fsp3) is 0.600. The van der Waals surface area contributed by atoms with Gasteiger partial charge in [0.05, 0.1) is 5.92 Å². The maximum Gasteiger partial charge on any atom is 0.391 e. The van der Waals surface area contributed by atoms with Crippen LogP contribution in [-0.2, 0) is 0 Å². The molecule has 1 aromatic heterocycles. The molecule has 1 saturated heterocycles. The summed E-state index contributed by atoms with van der Waals surface area (Å²) in [7, 11) is 0. The Morgan fingerprint density at radius 2 is 1.89 bits per heavy atom. The molecule has 0 atom stereocenters. The van der Waals surface area contributed by atoms with Crippen LogP contribution in [0.4, 0.5) is 30.8 Å². The smallest absolute Gasteiger partial charge is 0.368 e. The summed E-state index contributed by atoms with van der Waals surface area (Å²) in [6.45, 7) is 0.565. The summed E-state index contributed by atoms with van der Waals surface area (Å²) >= 11 is 0. The third-order valence-electron chi connectivity index (χ3n) is 3.16. The van der Waals surface area contributed by atoms with Gasteiger partial charge in [-0.05, 0) is 12.8 Å². The van der Waals surface area contributed by atoms with Crippen molar-refractivity contribution in [1.82, 2.24) is 9.97 Å². The highest BCUT2D eigenvalue weighted by Gasteiger charge is 2.41. The van der Waals surface area contributed by atoms with Gasteiger partial charge in [-0.2, -0.15) is 23.1 Å². The van der Waals surface area contributed by atoms with E-state index in [9.17, 15) is 13.2 Å². The van der Waals surface area contributed by atoms with Crippen LogP contribution in [-0.4, -0.2) is 29.2 Å². The number of rotatable bonds is 2. The number of hydrazine groups is 1. The van der Waals surface area contributed by atoms with Crippen LogP contribution in [0.5, 0.6) is 0 Å². The summed E-state index contributed by atoms with van der Waals surface area (Å²) in [4.78, 5) is 9.58. The number of anilines is 3. The Bertz CT molecular complexity index is 441. The molecule has 5 N–H and O–H groups in total. The van der Waals surface area contributed by atoms with Gasteiger partial charge in [-0.3, -0.25) is 0 Å². The van der Waals surface area contributed by atoms with E-state index in [4.69, 9.17) is 11.6 Å². The number of hydrogen-bond donors (Lipinski definition) is 3. The molecule has 0 radical (unpaired) electrons. The van der Waals surface area contributed by atoms with E-state index in [1.807, 2.05) is 0 Å². The lowest BCUT2D eigenvalue weighted by Crippen LogP contribution is -2.39. The fourth-order valence-corrected chi connectivity index (χ4v) is 2.12. The first kappa shape index (κ1) is 13.7. The molecule has 0 unspecified atom stereocenters. The molecule has 0 saturated carbocycles. The highest BCUT2D eigenvalue weighted by molar-refractivity contribution is 5.52. The Morgan fingerprint density at radius 3 is 2.42 bits per heavy atom. The van der Waals surface area contributed by atoms with Crippen molar-refractivity contribution in [3.63, 3.8) is 0 Å². The number of alkyl halides is 3. The first-order chi connectivity index (χ1) is 8.90. The minimum atomic E-state index is -4.12. The molecule has 2 rings (SSSR count). The fourth-order valence-electron chi connectivity index (χ4n) is 2.12. The third-order valence-corrected chi connectivity index (χ3v) is 3.16. The average Bonchev–Trinajstić information content (AvgIpc) is 2.37. The number of halogens is 3. The molecular formula is C10H15F3N6. The molecule has 1 fully saturated rings. The summed E-state index contributed by atoms with van der Waals surface area (Å²) in [6, 6.07) is 1.56. The third kappa shape index (κ3) is 3.16. The molecule has 1 aliphatic heterocycles. The summed E-state index contributed by atoms with van der Waals surface area (Å²) in [6.07, 6.45) is -4.02. The lowest BCUT2D eigenvalue weighted by atomic mass is 9.96. The predicted octanol–water partition coefficient (Wildman–Crippen LogP) is 1.12. The van der Waals surface area contributed by atoms with Crippen molar-refractivity contribution in [3.05, 3.63) is 6.07 Å². The Hall–Kier alpha value is -1.77. The summed E-state index contributed by atoms with van der Waals surface area (Å²) < 4.78 is 37.7. The number of aromatic nitrogens is 2. The second-order valence-corrected chi connectivity index (χ2v) is 4.42. The molecule has 0 aromatic carbocycles. The second-order valence-electron chi connectivity index (χ2n) is 4.42. The summed E-state index contributed by atoms with van der Waals surface area (Å²) in [5, 5.41) is 0. The zero-order chi connectivity index (χ0) is 14.0. The van der Waals surface area contributed by atoms with Gasteiger partial charge in [-0.15, -0.1) is 0 Å². The van der Waals surface area contributed by atoms with E-state index in [1.54, 1.807) is 11.0 Å². The lowest BCUT2D eigenvalue weighted by Gasteiger charge is -2.33. The average molecular weight is 276 g/mol. The lowest BCUT2D eigenvalue weighted by molar-refractivity contribution is -0.179. The van der Waals surface area contributed by atoms with Gasteiger partial charge in [0.2, 0.25) is 5.95 Å². The predicted molar refractivity (Wildman–Crippen MR) is 65.2 cm³/mol. The molecule has 106 valence electrons. The standard InChI is InChI=1S/C10H15F3N6/c11-10(12,13)6-1-3-19(4-2-6)8-5-7(18-15)16-9(14)17-8/h5-6H,1-4,15H2,(H3,14,16,17,18). The van der Waals surface area contributed by atoms with Gasteiger partial charge >= 0.3 is 6.18 Å². The molecule has 0 aliphatic carbocycles. The van der Waals surface area contributed by atoms with E-state index in [0.717, 1.165) is 0 Å². The zero-order valence-electron chi connectivity index (χ0n) is 10.1. The minimum absolute atomic E-state index is 0.0309. The minimum Gasteiger partial charge on any atom is -0.368 e. The van der Waals surface area contributed by atoms with Crippen LogP contribution in [0.3, 0.4) is 0 Å². The monoisotopic (exact) mass is 276 g/mol. The maximum atomic E-state index is 12.6. The number of hydrogen-bond acceptors (Lipinski definition) is 6. The maximum absolute atomic E-state index is 12.6. The first-order valence-corrected chi connectivity index (χ1v) is 5.83. The van der Waals surface area contributed by atoms with E-state index in [0.29, 0.717) is 11.6 Å². The van der Waals surface area contributed by atoms with E-state index < -0.39 is 12.1 Å². The van der Waals surface area contributed by atoms with Crippen LogP contribution in [0, 0.1) is 5.92 Å². The van der Waals surface area contributed by atoms with E-state index in [1.165, 1.54) is 0 Å². The van der Waals surface area contributed by atoms with E-state index in [2.05, 4.69) is 15.4 Å². The highest BCUT2D eigenvalue weighted by Crippen LogP contribution is 2.35. The molecule has 1 aliphatic rings. The van der Waals surface area contributed by atoms with Crippen LogP contribution in [0.25, 0.3) is 0 Å². The quantitative estimate of drug-likeness (QED) is 0.553. The molecule has 19 heavy (non-hydrogen) atoms. The topological polar surface area (TPSA) is 93.1 Å². The number of nitrogens with zero attached hydrogens (tertiary/aromatic N) is 3. The van der Waals surface area contributed by atoms with Crippen molar-refractivity contribution in [1.29, 1.82) is 0 Å². The van der Waals surface area contributed by atoms with Crippen LogP contribution in [0.15, 0.2) is 6.07 Å². The SMILES string of the molecule is NNc1cc(N2CCC(C(F)(F)F)CC2)nc(N)n1. The van der Waals surface area contributed by atoms with Gasteiger partial charge in [0, 0.05) is 19.2 Å². The van der Waals surface area contributed by atoms with Crippen molar-refractivity contribution in [2.24, 2.45) is 11.8 Å². The Kier molecular flexibility index (Phi) is 3.65.